The highest BCUT2D eigenvalue weighted by Crippen LogP contribution is 2.32. The first-order valence-corrected chi connectivity index (χ1v) is 5.29. The van der Waals surface area contributed by atoms with E-state index >= 15 is 0 Å². The number of carboxylic acid groups (broad SMARTS) is 1. The number of fused-ring (bicyclic) bond motifs is 1. The minimum Gasteiger partial charge on any atom is -0.481 e. The third-order valence-corrected chi connectivity index (χ3v) is 2.87. The molecule has 0 fully saturated rings. The van der Waals surface area contributed by atoms with Crippen molar-refractivity contribution in [3.05, 3.63) is 35.4 Å². The SMILES string of the molecule is CN(C)c1ccc2c(c1)C(CC(=O)O)=CC2. The standard InChI is InChI=1S/C13H15NO2/c1-14(2)11-6-5-9-3-4-10(7-13(15)16)12(9)8-11/h4-6,8H,3,7H2,1-2H3,(H,15,16). The molecule has 1 aliphatic carbocycles. The van der Waals surface area contributed by atoms with E-state index in [4.69, 9.17) is 5.11 Å². The van der Waals surface area contributed by atoms with E-state index in [2.05, 4.69) is 18.2 Å². The van der Waals surface area contributed by atoms with Crippen molar-refractivity contribution in [2.45, 2.75) is 12.8 Å². The van der Waals surface area contributed by atoms with E-state index < -0.39 is 5.97 Å². The van der Waals surface area contributed by atoms with Crippen molar-refractivity contribution in [3.63, 3.8) is 0 Å². The van der Waals surface area contributed by atoms with Gasteiger partial charge in [0.25, 0.3) is 0 Å². The van der Waals surface area contributed by atoms with Crippen LogP contribution in [0.25, 0.3) is 5.57 Å². The van der Waals surface area contributed by atoms with E-state index in [-0.39, 0.29) is 6.42 Å². The number of carbonyl (C=O) groups is 1. The first-order chi connectivity index (χ1) is 7.58. The van der Waals surface area contributed by atoms with Crippen LogP contribution in [-0.2, 0) is 11.2 Å². The fourth-order valence-corrected chi connectivity index (χ4v) is 1.99. The van der Waals surface area contributed by atoms with Crippen LogP contribution in [-0.4, -0.2) is 25.2 Å². The summed E-state index contributed by atoms with van der Waals surface area (Å²) in [7, 11) is 3.97. The molecule has 0 unspecified atom stereocenters. The van der Waals surface area contributed by atoms with Gasteiger partial charge < -0.3 is 10.0 Å². The van der Waals surface area contributed by atoms with Crippen molar-refractivity contribution in [3.8, 4) is 0 Å². The van der Waals surface area contributed by atoms with Crippen LogP contribution >= 0.6 is 0 Å². The number of anilines is 1. The first kappa shape index (κ1) is 10.7. The van der Waals surface area contributed by atoms with Gasteiger partial charge in [-0.25, -0.2) is 0 Å². The molecule has 0 amide bonds. The van der Waals surface area contributed by atoms with E-state index in [1.165, 1.54) is 5.56 Å². The molecule has 1 aromatic rings. The van der Waals surface area contributed by atoms with E-state index in [0.29, 0.717) is 0 Å². The van der Waals surface area contributed by atoms with Gasteiger partial charge in [0.1, 0.15) is 0 Å². The summed E-state index contributed by atoms with van der Waals surface area (Å²) < 4.78 is 0. The monoisotopic (exact) mass is 217 g/mol. The lowest BCUT2D eigenvalue weighted by molar-refractivity contribution is -0.135. The topological polar surface area (TPSA) is 40.5 Å². The number of hydrogen-bond donors (Lipinski definition) is 1. The lowest BCUT2D eigenvalue weighted by Gasteiger charge is -2.14. The zero-order valence-electron chi connectivity index (χ0n) is 9.53. The Kier molecular flexibility index (Phi) is 2.69. The molecule has 1 N–H and O–H groups in total. The summed E-state index contributed by atoms with van der Waals surface area (Å²) in [6, 6.07) is 6.21. The fraction of sp³-hybridized carbons (Fsp3) is 0.308. The van der Waals surface area contributed by atoms with Crippen molar-refractivity contribution in [1.29, 1.82) is 0 Å². The smallest absolute Gasteiger partial charge is 0.307 e. The molecule has 2 rings (SSSR count). The van der Waals surface area contributed by atoms with Crippen LogP contribution in [0.4, 0.5) is 5.69 Å². The maximum Gasteiger partial charge on any atom is 0.307 e. The summed E-state index contributed by atoms with van der Waals surface area (Å²) in [5.74, 6) is -0.769. The van der Waals surface area contributed by atoms with Gasteiger partial charge in [0, 0.05) is 19.8 Å². The Morgan fingerprint density at radius 2 is 2.19 bits per heavy atom. The van der Waals surface area contributed by atoms with Crippen molar-refractivity contribution in [2.24, 2.45) is 0 Å². The minimum atomic E-state index is -0.769. The molecule has 1 aliphatic rings. The fourth-order valence-electron chi connectivity index (χ4n) is 1.99. The Hall–Kier alpha value is -1.77. The van der Waals surface area contributed by atoms with Gasteiger partial charge >= 0.3 is 5.97 Å². The predicted molar refractivity (Wildman–Crippen MR) is 64.7 cm³/mol. The largest absolute Gasteiger partial charge is 0.481 e. The average Bonchev–Trinajstić information content (AvgIpc) is 2.60. The van der Waals surface area contributed by atoms with Crippen molar-refractivity contribution in [2.75, 3.05) is 19.0 Å². The van der Waals surface area contributed by atoms with Crippen molar-refractivity contribution >= 4 is 17.2 Å². The zero-order valence-corrected chi connectivity index (χ0v) is 9.53. The maximum absolute atomic E-state index is 10.7. The van der Waals surface area contributed by atoms with E-state index in [0.717, 1.165) is 23.2 Å². The average molecular weight is 217 g/mol. The van der Waals surface area contributed by atoms with E-state index in [1.54, 1.807) is 0 Å². The number of aliphatic carboxylic acids is 1. The Balaban J connectivity index is 2.34. The summed E-state index contributed by atoms with van der Waals surface area (Å²) in [5.41, 5.74) is 4.36. The first-order valence-electron chi connectivity index (χ1n) is 5.29. The molecule has 0 saturated heterocycles. The molecule has 16 heavy (non-hydrogen) atoms. The van der Waals surface area contributed by atoms with Gasteiger partial charge in [-0.1, -0.05) is 12.1 Å². The van der Waals surface area contributed by atoms with Gasteiger partial charge in [0.2, 0.25) is 0 Å². The molecule has 84 valence electrons. The Labute approximate surface area is 95.0 Å². The zero-order chi connectivity index (χ0) is 11.7. The summed E-state index contributed by atoms with van der Waals surface area (Å²) in [4.78, 5) is 12.8. The Morgan fingerprint density at radius 1 is 1.44 bits per heavy atom. The second-order valence-electron chi connectivity index (χ2n) is 4.24. The quantitative estimate of drug-likeness (QED) is 0.843. The molecule has 0 aromatic heterocycles. The van der Waals surface area contributed by atoms with Crippen molar-refractivity contribution < 1.29 is 9.90 Å². The summed E-state index contributed by atoms with van der Waals surface area (Å²) in [6.07, 6.45) is 2.98. The molecule has 0 bridgehead atoms. The van der Waals surface area contributed by atoms with Crippen LogP contribution in [0.5, 0.6) is 0 Å². The lowest BCUT2D eigenvalue weighted by Crippen LogP contribution is -2.09. The van der Waals surface area contributed by atoms with Gasteiger partial charge in [0.15, 0.2) is 0 Å². The number of carboxylic acids is 1. The number of benzene rings is 1. The van der Waals surface area contributed by atoms with Crippen LogP contribution < -0.4 is 4.90 Å². The molecule has 3 heteroatoms. The third-order valence-electron chi connectivity index (χ3n) is 2.87. The van der Waals surface area contributed by atoms with Crippen LogP contribution in [0.15, 0.2) is 24.3 Å². The lowest BCUT2D eigenvalue weighted by atomic mass is 10.0. The highest BCUT2D eigenvalue weighted by Gasteiger charge is 2.16. The number of nitrogens with zero attached hydrogens (tertiary/aromatic N) is 1. The second-order valence-corrected chi connectivity index (χ2v) is 4.24. The number of hydrogen-bond acceptors (Lipinski definition) is 2. The summed E-state index contributed by atoms with van der Waals surface area (Å²) in [6.45, 7) is 0. The maximum atomic E-state index is 10.7. The van der Waals surface area contributed by atoms with Gasteiger partial charge in [-0.15, -0.1) is 0 Å². The molecule has 0 radical (unpaired) electrons. The molecule has 0 aliphatic heterocycles. The van der Waals surface area contributed by atoms with Gasteiger partial charge in [0.05, 0.1) is 6.42 Å². The normalized spacial score (nSPS) is 13.2. The van der Waals surface area contributed by atoms with Crippen LogP contribution in [0, 0.1) is 0 Å². The minimum absolute atomic E-state index is 0.115. The van der Waals surface area contributed by atoms with Crippen LogP contribution in [0.2, 0.25) is 0 Å². The molecule has 0 atom stereocenters. The predicted octanol–water partition coefficient (Wildman–Crippen LogP) is 2.17. The van der Waals surface area contributed by atoms with Gasteiger partial charge in [-0.2, -0.15) is 0 Å². The van der Waals surface area contributed by atoms with Crippen LogP contribution in [0.3, 0.4) is 0 Å². The van der Waals surface area contributed by atoms with E-state index in [9.17, 15) is 4.79 Å². The summed E-state index contributed by atoms with van der Waals surface area (Å²) >= 11 is 0. The highest BCUT2D eigenvalue weighted by molar-refractivity contribution is 5.87. The molecular weight excluding hydrogens is 202 g/mol. The molecule has 3 nitrogen and oxygen atoms in total. The summed E-state index contributed by atoms with van der Waals surface area (Å²) in [5, 5.41) is 8.83. The second kappa shape index (κ2) is 4.00. The van der Waals surface area contributed by atoms with E-state index in [1.807, 2.05) is 25.1 Å². The van der Waals surface area contributed by atoms with Gasteiger partial charge in [-0.05, 0) is 35.3 Å². The third kappa shape index (κ3) is 1.94. The molecule has 0 heterocycles. The van der Waals surface area contributed by atoms with Crippen molar-refractivity contribution in [1.82, 2.24) is 0 Å². The Morgan fingerprint density at radius 3 is 2.81 bits per heavy atom. The number of allylic oxidation sites excluding steroid dienone is 1. The Bertz CT molecular complexity index is 461. The molecule has 0 spiro atoms. The number of rotatable bonds is 3. The highest BCUT2D eigenvalue weighted by atomic mass is 16.4. The van der Waals surface area contributed by atoms with Gasteiger partial charge in [-0.3, -0.25) is 4.79 Å². The molecule has 0 saturated carbocycles. The molecular formula is C13H15NO2. The molecule has 1 aromatic carbocycles. The van der Waals surface area contributed by atoms with Crippen LogP contribution in [0.1, 0.15) is 17.5 Å².